The second-order valence-electron chi connectivity index (χ2n) is 6.48. The molecule has 2 aromatic rings. The molecule has 146 valence electrons. The van der Waals surface area contributed by atoms with E-state index in [1.807, 2.05) is 13.0 Å². The number of nitrogens with one attached hydrogen (secondary N) is 2. The standard InChI is InChI=1S/C21H23N3O4/c1-2-28-18-10-8-16(9-11-18)20(26)22-23-21(27)17-6-3-5-15(13-17)14-24-12-4-7-19(24)25/h3,5-6,8-11,13H,2,4,7,12,14H2,1H3,(H,22,26)(H,23,27). The topological polar surface area (TPSA) is 87.7 Å². The fourth-order valence-corrected chi connectivity index (χ4v) is 3.03. The van der Waals surface area contributed by atoms with Crippen molar-refractivity contribution in [3.63, 3.8) is 0 Å². The van der Waals surface area contributed by atoms with E-state index in [0.717, 1.165) is 18.5 Å². The first kappa shape index (κ1) is 19.4. The SMILES string of the molecule is CCOc1ccc(C(=O)NNC(=O)c2cccc(CN3CCCC3=O)c2)cc1. The number of ether oxygens (including phenoxy) is 1. The summed E-state index contributed by atoms with van der Waals surface area (Å²) < 4.78 is 5.34. The monoisotopic (exact) mass is 381 g/mol. The first-order chi connectivity index (χ1) is 13.6. The van der Waals surface area contributed by atoms with Gasteiger partial charge in [-0.15, -0.1) is 0 Å². The molecule has 1 aliphatic rings. The van der Waals surface area contributed by atoms with Gasteiger partial charge < -0.3 is 9.64 Å². The molecule has 1 saturated heterocycles. The highest BCUT2D eigenvalue weighted by Gasteiger charge is 2.20. The number of hydrogen-bond acceptors (Lipinski definition) is 4. The number of nitrogens with zero attached hydrogens (tertiary/aromatic N) is 1. The zero-order chi connectivity index (χ0) is 19.9. The van der Waals surface area contributed by atoms with Gasteiger partial charge in [0.05, 0.1) is 6.61 Å². The average Bonchev–Trinajstić information content (AvgIpc) is 3.11. The smallest absolute Gasteiger partial charge is 0.269 e. The van der Waals surface area contributed by atoms with Gasteiger partial charge in [0.1, 0.15) is 5.75 Å². The van der Waals surface area contributed by atoms with Gasteiger partial charge in [0.15, 0.2) is 0 Å². The van der Waals surface area contributed by atoms with Gasteiger partial charge in [-0.1, -0.05) is 12.1 Å². The maximum Gasteiger partial charge on any atom is 0.269 e. The molecule has 0 atom stereocenters. The third-order valence-corrected chi connectivity index (χ3v) is 4.45. The Morgan fingerprint density at radius 1 is 1.04 bits per heavy atom. The van der Waals surface area contributed by atoms with Gasteiger partial charge in [0, 0.05) is 30.6 Å². The van der Waals surface area contributed by atoms with Crippen LogP contribution in [0.3, 0.4) is 0 Å². The second kappa shape index (κ2) is 9.03. The largest absolute Gasteiger partial charge is 0.494 e. The lowest BCUT2D eigenvalue weighted by Gasteiger charge is -2.16. The van der Waals surface area contributed by atoms with Gasteiger partial charge in [-0.2, -0.15) is 0 Å². The molecule has 0 unspecified atom stereocenters. The minimum absolute atomic E-state index is 0.137. The molecule has 28 heavy (non-hydrogen) atoms. The van der Waals surface area contributed by atoms with Crippen LogP contribution in [0.4, 0.5) is 0 Å². The fraction of sp³-hybridized carbons (Fsp3) is 0.286. The lowest BCUT2D eigenvalue weighted by molar-refractivity contribution is -0.128. The van der Waals surface area contributed by atoms with E-state index in [0.29, 0.717) is 36.4 Å². The van der Waals surface area contributed by atoms with Crippen LogP contribution in [0.5, 0.6) is 5.75 Å². The van der Waals surface area contributed by atoms with E-state index >= 15 is 0 Å². The molecule has 2 aromatic carbocycles. The summed E-state index contributed by atoms with van der Waals surface area (Å²) in [5.74, 6) is -0.0297. The van der Waals surface area contributed by atoms with Gasteiger partial charge in [-0.05, 0) is 55.3 Å². The van der Waals surface area contributed by atoms with Crippen molar-refractivity contribution in [1.29, 1.82) is 0 Å². The summed E-state index contributed by atoms with van der Waals surface area (Å²) in [7, 11) is 0. The van der Waals surface area contributed by atoms with Crippen LogP contribution in [0.15, 0.2) is 48.5 Å². The molecule has 3 amide bonds. The summed E-state index contributed by atoms with van der Waals surface area (Å²) in [6.45, 7) is 3.66. The Morgan fingerprint density at radius 2 is 1.75 bits per heavy atom. The van der Waals surface area contributed by atoms with Crippen molar-refractivity contribution >= 4 is 17.7 Å². The third kappa shape index (κ3) is 4.88. The number of hydrazine groups is 1. The maximum atomic E-state index is 12.3. The average molecular weight is 381 g/mol. The minimum Gasteiger partial charge on any atom is -0.494 e. The molecule has 3 rings (SSSR count). The summed E-state index contributed by atoms with van der Waals surface area (Å²) in [6.07, 6.45) is 1.45. The molecular weight excluding hydrogens is 358 g/mol. The number of benzene rings is 2. The van der Waals surface area contributed by atoms with Crippen LogP contribution in [0, 0.1) is 0 Å². The molecule has 0 aliphatic carbocycles. The number of carbonyl (C=O) groups is 3. The molecule has 1 aliphatic heterocycles. The van der Waals surface area contributed by atoms with Crippen molar-refractivity contribution in [2.45, 2.75) is 26.3 Å². The molecule has 1 heterocycles. The molecule has 7 heteroatoms. The van der Waals surface area contributed by atoms with Crippen LogP contribution in [0.1, 0.15) is 46.0 Å². The van der Waals surface area contributed by atoms with E-state index in [-0.39, 0.29) is 5.91 Å². The molecule has 0 bridgehead atoms. The number of rotatable bonds is 6. The van der Waals surface area contributed by atoms with Gasteiger partial charge in [-0.3, -0.25) is 25.2 Å². The van der Waals surface area contributed by atoms with Crippen molar-refractivity contribution < 1.29 is 19.1 Å². The zero-order valence-corrected chi connectivity index (χ0v) is 15.7. The van der Waals surface area contributed by atoms with E-state index in [9.17, 15) is 14.4 Å². The maximum absolute atomic E-state index is 12.3. The Hall–Kier alpha value is -3.35. The van der Waals surface area contributed by atoms with E-state index in [4.69, 9.17) is 4.74 Å². The van der Waals surface area contributed by atoms with E-state index < -0.39 is 11.8 Å². The summed E-state index contributed by atoms with van der Waals surface area (Å²) in [6, 6.07) is 13.7. The molecule has 7 nitrogen and oxygen atoms in total. The fourth-order valence-electron chi connectivity index (χ4n) is 3.03. The lowest BCUT2D eigenvalue weighted by atomic mass is 10.1. The molecule has 0 saturated carbocycles. The molecule has 1 fully saturated rings. The third-order valence-electron chi connectivity index (χ3n) is 4.45. The summed E-state index contributed by atoms with van der Waals surface area (Å²) >= 11 is 0. The highest BCUT2D eigenvalue weighted by Crippen LogP contribution is 2.15. The predicted octanol–water partition coefficient (Wildman–Crippen LogP) is 2.28. The number of hydrogen-bond donors (Lipinski definition) is 2. The van der Waals surface area contributed by atoms with E-state index in [2.05, 4.69) is 10.9 Å². The van der Waals surface area contributed by atoms with Crippen LogP contribution in [0.25, 0.3) is 0 Å². The first-order valence-corrected chi connectivity index (χ1v) is 9.27. The molecule has 0 radical (unpaired) electrons. The van der Waals surface area contributed by atoms with Crippen LogP contribution in [-0.4, -0.2) is 35.8 Å². The van der Waals surface area contributed by atoms with Crippen LogP contribution < -0.4 is 15.6 Å². The molecular formula is C21H23N3O4. The number of likely N-dealkylation sites (tertiary alicyclic amines) is 1. The highest BCUT2D eigenvalue weighted by atomic mass is 16.5. The quantitative estimate of drug-likeness (QED) is 0.752. The van der Waals surface area contributed by atoms with Crippen molar-refractivity contribution in [2.75, 3.05) is 13.2 Å². The summed E-state index contributed by atoms with van der Waals surface area (Å²) in [5, 5.41) is 0. The van der Waals surface area contributed by atoms with Crippen LogP contribution in [0.2, 0.25) is 0 Å². The van der Waals surface area contributed by atoms with Gasteiger partial charge >= 0.3 is 0 Å². The summed E-state index contributed by atoms with van der Waals surface area (Å²) in [5.41, 5.74) is 6.52. The Labute approximate surface area is 163 Å². The molecule has 0 aromatic heterocycles. The number of amides is 3. The first-order valence-electron chi connectivity index (χ1n) is 9.27. The molecule has 2 N–H and O–H groups in total. The van der Waals surface area contributed by atoms with Gasteiger partial charge in [0.2, 0.25) is 5.91 Å². The zero-order valence-electron chi connectivity index (χ0n) is 15.7. The highest BCUT2D eigenvalue weighted by molar-refractivity contribution is 5.99. The van der Waals surface area contributed by atoms with Crippen LogP contribution >= 0.6 is 0 Å². The van der Waals surface area contributed by atoms with Crippen molar-refractivity contribution in [3.8, 4) is 5.75 Å². The van der Waals surface area contributed by atoms with Gasteiger partial charge in [0.25, 0.3) is 11.8 Å². The second-order valence-corrected chi connectivity index (χ2v) is 6.48. The van der Waals surface area contributed by atoms with Crippen LogP contribution in [-0.2, 0) is 11.3 Å². The van der Waals surface area contributed by atoms with Crippen molar-refractivity contribution in [2.24, 2.45) is 0 Å². The Morgan fingerprint density at radius 3 is 2.39 bits per heavy atom. The Balaban J connectivity index is 1.56. The van der Waals surface area contributed by atoms with Crippen molar-refractivity contribution in [1.82, 2.24) is 15.8 Å². The minimum atomic E-state index is -0.422. The normalized spacial score (nSPS) is 13.3. The van der Waals surface area contributed by atoms with Gasteiger partial charge in [-0.25, -0.2) is 0 Å². The number of carbonyl (C=O) groups excluding carboxylic acids is 3. The van der Waals surface area contributed by atoms with Crippen molar-refractivity contribution in [3.05, 3.63) is 65.2 Å². The Bertz CT molecular complexity index is 864. The van der Waals surface area contributed by atoms with E-state index in [1.165, 1.54) is 0 Å². The lowest BCUT2D eigenvalue weighted by Crippen LogP contribution is -2.41. The predicted molar refractivity (Wildman–Crippen MR) is 104 cm³/mol. The molecule has 0 spiro atoms. The van der Waals surface area contributed by atoms with E-state index in [1.54, 1.807) is 47.4 Å². The summed E-state index contributed by atoms with van der Waals surface area (Å²) in [4.78, 5) is 38.1. The Kier molecular flexibility index (Phi) is 6.26.